The number of halogens is 4. The molecule has 0 unspecified atom stereocenters. The van der Waals surface area contributed by atoms with Crippen molar-refractivity contribution in [1.82, 2.24) is 9.78 Å². The molecule has 0 aliphatic rings. The van der Waals surface area contributed by atoms with Gasteiger partial charge in [-0.1, -0.05) is 11.6 Å². The lowest BCUT2D eigenvalue weighted by atomic mass is 10.2. The van der Waals surface area contributed by atoms with Crippen LogP contribution in [0, 0.1) is 6.92 Å². The lowest BCUT2D eigenvalue weighted by molar-refractivity contribution is -0.143. The zero-order valence-electron chi connectivity index (χ0n) is 10.1. The van der Waals surface area contributed by atoms with Gasteiger partial charge in [-0.3, -0.25) is 0 Å². The minimum Gasteiger partial charge on any atom is -0.478 e. The number of rotatable bonds is 2. The first-order valence-electron chi connectivity index (χ1n) is 5.37. The Morgan fingerprint density at radius 2 is 2.05 bits per heavy atom. The molecule has 0 saturated carbocycles. The summed E-state index contributed by atoms with van der Waals surface area (Å²) in [6.45, 7) is 1.63. The molecule has 0 amide bonds. The monoisotopic (exact) mass is 304 g/mol. The zero-order chi connectivity index (χ0) is 15.1. The number of nitrogens with zero attached hydrogens (tertiary/aromatic N) is 2. The van der Waals surface area contributed by atoms with Crippen LogP contribution in [-0.4, -0.2) is 20.9 Å². The molecule has 0 spiro atoms. The Labute approximate surface area is 116 Å². The van der Waals surface area contributed by atoms with Crippen LogP contribution in [0.4, 0.5) is 13.2 Å². The van der Waals surface area contributed by atoms with E-state index in [0.29, 0.717) is 21.5 Å². The molecule has 20 heavy (non-hydrogen) atoms. The topological polar surface area (TPSA) is 55.1 Å². The molecule has 0 aliphatic heterocycles. The number of hydrogen-bond acceptors (Lipinski definition) is 2. The van der Waals surface area contributed by atoms with Gasteiger partial charge in [0.1, 0.15) is 5.56 Å². The minimum absolute atomic E-state index is 0.0896. The van der Waals surface area contributed by atoms with Crippen molar-refractivity contribution in [3.05, 3.63) is 46.2 Å². The second-order valence-corrected chi connectivity index (χ2v) is 4.46. The van der Waals surface area contributed by atoms with Crippen molar-refractivity contribution >= 4 is 17.6 Å². The van der Waals surface area contributed by atoms with Crippen molar-refractivity contribution in [1.29, 1.82) is 0 Å². The Balaban J connectivity index is 2.68. The van der Waals surface area contributed by atoms with E-state index in [4.69, 9.17) is 16.7 Å². The maximum absolute atomic E-state index is 13.0. The van der Waals surface area contributed by atoms with Gasteiger partial charge in [0.05, 0.1) is 11.9 Å². The van der Waals surface area contributed by atoms with Gasteiger partial charge in [-0.2, -0.15) is 18.3 Å². The average molecular weight is 305 g/mol. The fourth-order valence-corrected chi connectivity index (χ4v) is 1.85. The minimum atomic E-state index is -4.84. The predicted molar refractivity (Wildman–Crippen MR) is 65.3 cm³/mol. The van der Waals surface area contributed by atoms with E-state index in [1.54, 1.807) is 6.92 Å². The Bertz CT molecular complexity index is 680. The number of carboxylic acids is 1. The molecule has 1 aromatic heterocycles. The van der Waals surface area contributed by atoms with Crippen LogP contribution in [0.2, 0.25) is 5.02 Å². The maximum atomic E-state index is 13.0. The predicted octanol–water partition coefficient (Wildman–Crippen LogP) is 3.55. The number of aryl methyl sites for hydroxylation is 1. The highest BCUT2D eigenvalue weighted by molar-refractivity contribution is 6.31. The fraction of sp³-hybridized carbons (Fsp3) is 0.167. The van der Waals surface area contributed by atoms with Crippen LogP contribution in [0.1, 0.15) is 21.6 Å². The first kappa shape index (κ1) is 14.4. The summed E-state index contributed by atoms with van der Waals surface area (Å²) < 4.78 is 39.6. The average Bonchev–Trinajstić information content (AvgIpc) is 2.77. The van der Waals surface area contributed by atoms with E-state index in [9.17, 15) is 18.0 Å². The Kier molecular flexibility index (Phi) is 3.47. The summed E-state index contributed by atoms with van der Waals surface area (Å²) in [7, 11) is 0. The van der Waals surface area contributed by atoms with Gasteiger partial charge < -0.3 is 5.11 Å². The van der Waals surface area contributed by atoms with Crippen molar-refractivity contribution in [2.75, 3.05) is 0 Å². The highest BCUT2D eigenvalue weighted by atomic mass is 35.5. The summed E-state index contributed by atoms with van der Waals surface area (Å²) in [6, 6.07) is 4.16. The summed E-state index contributed by atoms with van der Waals surface area (Å²) in [5, 5.41) is 12.7. The van der Waals surface area contributed by atoms with E-state index in [-0.39, 0.29) is 5.69 Å². The normalized spacial score (nSPS) is 11.7. The van der Waals surface area contributed by atoms with Gasteiger partial charge in [0.25, 0.3) is 0 Å². The van der Waals surface area contributed by atoms with Crippen LogP contribution < -0.4 is 0 Å². The maximum Gasteiger partial charge on any atom is 0.434 e. The SMILES string of the molecule is Cc1cc(-n2ncc(C(=O)O)c2C(F)(F)F)ccc1Cl. The first-order valence-corrected chi connectivity index (χ1v) is 5.74. The number of alkyl halides is 3. The third-order valence-corrected chi connectivity index (χ3v) is 3.08. The Morgan fingerprint density at radius 3 is 2.55 bits per heavy atom. The number of carboxylic acid groups (broad SMARTS) is 1. The van der Waals surface area contributed by atoms with E-state index in [1.807, 2.05) is 0 Å². The van der Waals surface area contributed by atoms with E-state index >= 15 is 0 Å². The summed E-state index contributed by atoms with van der Waals surface area (Å²) in [5.74, 6) is -1.69. The summed E-state index contributed by atoms with van der Waals surface area (Å²) in [4.78, 5) is 10.9. The highest BCUT2D eigenvalue weighted by Crippen LogP contribution is 2.34. The van der Waals surface area contributed by atoms with Gasteiger partial charge in [0.15, 0.2) is 5.69 Å². The van der Waals surface area contributed by atoms with Crippen LogP contribution in [0.3, 0.4) is 0 Å². The number of hydrogen-bond donors (Lipinski definition) is 1. The van der Waals surface area contributed by atoms with E-state index in [0.717, 1.165) is 0 Å². The van der Waals surface area contributed by atoms with Crippen LogP contribution in [0.15, 0.2) is 24.4 Å². The second-order valence-electron chi connectivity index (χ2n) is 4.06. The lowest BCUT2D eigenvalue weighted by Gasteiger charge is -2.12. The van der Waals surface area contributed by atoms with Gasteiger partial charge >= 0.3 is 12.1 Å². The number of aromatic nitrogens is 2. The standard InChI is InChI=1S/C12H8ClF3N2O2/c1-6-4-7(2-3-9(6)13)18-10(12(14,15)16)8(5-17-18)11(19)20/h2-5H,1H3,(H,19,20). The van der Waals surface area contributed by atoms with Gasteiger partial charge in [-0.05, 0) is 30.7 Å². The van der Waals surface area contributed by atoms with Gasteiger partial charge in [0, 0.05) is 5.02 Å². The zero-order valence-corrected chi connectivity index (χ0v) is 10.8. The fourth-order valence-electron chi connectivity index (χ4n) is 1.73. The number of aromatic carboxylic acids is 1. The van der Waals surface area contributed by atoms with Crippen LogP contribution in [0.5, 0.6) is 0 Å². The Hall–Kier alpha value is -2.02. The van der Waals surface area contributed by atoms with Crippen LogP contribution >= 0.6 is 11.6 Å². The van der Waals surface area contributed by atoms with E-state index in [1.165, 1.54) is 18.2 Å². The molecule has 2 rings (SSSR count). The third kappa shape index (κ3) is 2.49. The van der Waals surface area contributed by atoms with Crippen molar-refractivity contribution in [3.63, 3.8) is 0 Å². The van der Waals surface area contributed by atoms with E-state index < -0.39 is 23.4 Å². The first-order chi connectivity index (χ1) is 9.21. The molecular weight excluding hydrogens is 297 g/mol. The largest absolute Gasteiger partial charge is 0.478 e. The molecule has 0 bridgehead atoms. The molecule has 8 heteroatoms. The molecule has 0 fully saturated rings. The lowest BCUT2D eigenvalue weighted by Crippen LogP contribution is -2.17. The molecular formula is C12H8ClF3N2O2. The van der Waals surface area contributed by atoms with Crippen LogP contribution in [0.25, 0.3) is 5.69 Å². The molecule has 4 nitrogen and oxygen atoms in total. The molecule has 0 radical (unpaired) electrons. The number of carbonyl (C=O) groups is 1. The van der Waals surface area contributed by atoms with Crippen molar-refractivity contribution in [2.24, 2.45) is 0 Å². The van der Waals surface area contributed by atoms with Gasteiger partial charge in [-0.15, -0.1) is 0 Å². The Morgan fingerprint density at radius 1 is 1.40 bits per heavy atom. The number of benzene rings is 1. The van der Waals surface area contributed by atoms with Crippen LogP contribution in [-0.2, 0) is 6.18 Å². The molecule has 2 aromatic rings. The molecule has 1 aromatic carbocycles. The molecule has 1 heterocycles. The summed E-state index contributed by atoms with van der Waals surface area (Å²) in [6.07, 6.45) is -4.16. The smallest absolute Gasteiger partial charge is 0.434 e. The van der Waals surface area contributed by atoms with E-state index in [2.05, 4.69) is 5.10 Å². The van der Waals surface area contributed by atoms with Crippen molar-refractivity contribution in [2.45, 2.75) is 13.1 Å². The molecule has 106 valence electrons. The second kappa shape index (κ2) is 4.82. The molecule has 0 saturated heterocycles. The third-order valence-electron chi connectivity index (χ3n) is 2.65. The molecule has 1 N–H and O–H groups in total. The van der Waals surface area contributed by atoms with Crippen molar-refractivity contribution in [3.8, 4) is 5.69 Å². The summed E-state index contributed by atoms with van der Waals surface area (Å²) in [5.41, 5.74) is -1.58. The van der Waals surface area contributed by atoms with Gasteiger partial charge in [-0.25, -0.2) is 9.48 Å². The summed E-state index contributed by atoms with van der Waals surface area (Å²) >= 11 is 5.81. The molecule has 0 aliphatic carbocycles. The van der Waals surface area contributed by atoms with Crippen molar-refractivity contribution < 1.29 is 23.1 Å². The molecule has 0 atom stereocenters. The van der Waals surface area contributed by atoms with Gasteiger partial charge in [0.2, 0.25) is 0 Å². The quantitative estimate of drug-likeness (QED) is 0.923. The highest BCUT2D eigenvalue weighted by Gasteiger charge is 2.40.